The maximum atomic E-state index is 5.96. The van der Waals surface area contributed by atoms with E-state index in [4.69, 9.17) is 16.3 Å². The van der Waals surface area contributed by atoms with Crippen molar-refractivity contribution in [3.05, 3.63) is 34.9 Å². The third kappa shape index (κ3) is 3.21. The highest BCUT2D eigenvalue weighted by Gasteiger charge is 2.16. The molecule has 1 N–H and O–H groups in total. The first-order chi connectivity index (χ1) is 7.75. The Balaban J connectivity index is 1.85. The molecule has 88 valence electrons. The lowest BCUT2D eigenvalue weighted by atomic mass is 10.1. The zero-order valence-electron chi connectivity index (χ0n) is 9.58. The highest BCUT2D eigenvalue weighted by Crippen LogP contribution is 2.18. The smallest absolute Gasteiger partial charge is 0.0700 e. The summed E-state index contributed by atoms with van der Waals surface area (Å²) in [5.41, 5.74) is 1.23. The number of rotatable bonds is 4. The molecule has 0 saturated carbocycles. The Hall–Kier alpha value is -0.570. The summed E-state index contributed by atoms with van der Waals surface area (Å²) in [6.45, 7) is 3.99. The molecule has 0 radical (unpaired) electrons. The number of ether oxygens (including phenoxy) is 1. The van der Waals surface area contributed by atoms with E-state index in [0.717, 1.165) is 18.2 Å². The summed E-state index contributed by atoms with van der Waals surface area (Å²) >= 11 is 5.96. The van der Waals surface area contributed by atoms with E-state index in [0.29, 0.717) is 12.1 Å². The Morgan fingerprint density at radius 2 is 2.44 bits per heavy atom. The predicted molar refractivity (Wildman–Crippen MR) is 66.8 cm³/mol. The van der Waals surface area contributed by atoms with Crippen LogP contribution in [0.2, 0.25) is 5.02 Å². The first-order valence-electron chi connectivity index (χ1n) is 5.86. The van der Waals surface area contributed by atoms with E-state index in [9.17, 15) is 0 Å². The van der Waals surface area contributed by atoms with Gasteiger partial charge >= 0.3 is 0 Å². The summed E-state index contributed by atoms with van der Waals surface area (Å²) < 4.78 is 5.57. The van der Waals surface area contributed by atoms with Gasteiger partial charge in [-0.05, 0) is 37.5 Å². The van der Waals surface area contributed by atoms with Crippen LogP contribution in [0.1, 0.15) is 31.4 Å². The zero-order valence-corrected chi connectivity index (χ0v) is 10.3. The van der Waals surface area contributed by atoms with Gasteiger partial charge in [-0.3, -0.25) is 0 Å². The number of halogens is 1. The van der Waals surface area contributed by atoms with E-state index < -0.39 is 0 Å². The van der Waals surface area contributed by atoms with Crippen molar-refractivity contribution >= 4 is 11.6 Å². The molecule has 2 rings (SSSR count). The molecule has 0 amide bonds. The third-order valence-electron chi connectivity index (χ3n) is 3.02. The van der Waals surface area contributed by atoms with Gasteiger partial charge in [0.25, 0.3) is 0 Å². The second-order valence-electron chi connectivity index (χ2n) is 4.32. The van der Waals surface area contributed by atoms with Gasteiger partial charge in [0.1, 0.15) is 0 Å². The molecule has 2 atom stereocenters. The quantitative estimate of drug-likeness (QED) is 0.872. The lowest BCUT2D eigenvalue weighted by Crippen LogP contribution is -2.28. The average molecular weight is 240 g/mol. The molecule has 0 aromatic heterocycles. The van der Waals surface area contributed by atoms with Gasteiger partial charge in [-0.15, -0.1) is 0 Å². The predicted octanol–water partition coefficient (Wildman–Crippen LogP) is 3.17. The van der Waals surface area contributed by atoms with E-state index in [1.54, 1.807) is 0 Å². The van der Waals surface area contributed by atoms with Gasteiger partial charge in [0.05, 0.1) is 6.10 Å². The Morgan fingerprint density at radius 3 is 3.12 bits per heavy atom. The minimum Gasteiger partial charge on any atom is -0.377 e. The first kappa shape index (κ1) is 11.9. The van der Waals surface area contributed by atoms with Gasteiger partial charge in [0.15, 0.2) is 0 Å². The van der Waals surface area contributed by atoms with E-state index in [-0.39, 0.29) is 0 Å². The summed E-state index contributed by atoms with van der Waals surface area (Å²) in [4.78, 5) is 0. The number of hydrogen-bond donors (Lipinski definition) is 1. The molecule has 2 nitrogen and oxygen atoms in total. The Morgan fingerprint density at radius 1 is 1.56 bits per heavy atom. The van der Waals surface area contributed by atoms with Crippen LogP contribution in [0.4, 0.5) is 0 Å². The maximum Gasteiger partial charge on any atom is 0.0700 e. The fraction of sp³-hybridized carbons (Fsp3) is 0.538. The van der Waals surface area contributed by atoms with Crippen molar-refractivity contribution in [2.75, 3.05) is 13.2 Å². The fourth-order valence-corrected chi connectivity index (χ4v) is 2.21. The van der Waals surface area contributed by atoms with Crippen LogP contribution in [0, 0.1) is 0 Å². The average Bonchev–Trinajstić information content (AvgIpc) is 2.78. The summed E-state index contributed by atoms with van der Waals surface area (Å²) in [5.74, 6) is 0. The van der Waals surface area contributed by atoms with Gasteiger partial charge in [0.2, 0.25) is 0 Å². The van der Waals surface area contributed by atoms with Crippen molar-refractivity contribution in [1.29, 1.82) is 0 Å². The molecular weight excluding hydrogens is 222 g/mol. The molecule has 1 fully saturated rings. The SMILES string of the molecule is CC(NCC1CCCO1)c1cccc(Cl)c1. The minimum absolute atomic E-state index is 0.322. The van der Waals surface area contributed by atoms with E-state index in [2.05, 4.69) is 18.3 Å². The lowest BCUT2D eigenvalue weighted by Gasteiger charge is -2.17. The Kier molecular flexibility index (Phi) is 4.22. The summed E-state index contributed by atoms with van der Waals surface area (Å²) in [6, 6.07) is 8.32. The van der Waals surface area contributed by atoms with Crippen LogP contribution in [-0.4, -0.2) is 19.3 Å². The molecule has 3 heteroatoms. The van der Waals surface area contributed by atoms with Crippen LogP contribution >= 0.6 is 11.6 Å². The van der Waals surface area contributed by atoms with Gasteiger partial charge in [0, 0.05) is 24.2 Å². The Labute approximate surface area is 102 Å². The zero-order chi connectivity index (χ0) is 11.4. The first-order valence-corrected chi connectivity index (χ1v) is 6.24. The highest BCUT2D eigenvalue weighted by molar-refractivity contribution is 6.30. The topological polar surface area (TPSA) is 21.3 Å². The number of nitrogens with one attached hydrogen (secondary N) is 1. The van der Waals surface area contributed by atoms with Gasteiger partial charge < -0.3 is 10.1 Å². The maximum absolute atomic E-state index is 5.96. The monoisotopic (exact) mass is 239 g/mol. The van der Waals surface area contributed by atoms with Crippen LogP contribution in [0.3, 0.4) is 0 Å². The molecule has 1 aromatic carbocycles. The van der Waals surface area contributed by atoms with Crippen LogP contribution in [0.15, 0.2) is 24.3 Å². The highest BCUT2D eigenvalue weighted by atomic mass is 35.5. The van der Waals surface area contributed by atoms with Crippen molar-refractivity contribution in [2.45, 2.75) is 31.9 Å². The lowest BCUT2D eigenvalue weighted by molar-refractivity contribution is 0.108. The Bertz CT molecular complexity index is 336. The number of hydrogen-bond acceptors (Lipinski definition) is 2. The minimum atomic E-state index is 0.322. The van der Waals surface area contributed by atoms with E-state index in [1.165, 1.54) is 18.4 Å². The van der Waals surface area contributed by atoms with Crippen LogP contribution in [0.5, 0.6) is 0 Å². The second kappa shape index (κ2) is 5.67. The van der Waals surface area contributed by atoms with E-state index in [1.807, 2.05) is 18.2 Å². The normalized spacial score (nSPS) is 22.2. The summed E-state index contributed by atoms with van der Waals surface area (Å²) in [7, 11) is 0. The molecule has 16 heavy (non-hydrogen) atoms. The number of benzene rings is 1. The summed E-state index contributed by atoms with van der Waals surface area (Å²) in [5, 5.41) is 4.28. The largest absolute Gasteiger partial charge is 0.377 e. The van der Waals surface area contributed by atoms with Crippen LogP contribution in [0.25, 0.3) is 0 Å². The van der Waals surface area contributed by atoms with Crippen molar-refractivity contribution in [3.63, 3.8) is 0 Å². The molecule has 1 heterocycles. The summed E-state index contributed by atoms with van der Waals surface area (Å²) in [6.07, 6.45) is 2.76. The third-order valence-corrected chi connectivity index (χ3v) is 3.26. The molecule has 2 unspecified atom stereocenters. The second-order valence-corrected chi connectivity index (χ2v) is 4.76. The molecule has 0 spiro atoms. The molecule has 1 saturated heterocycles. The van der Waals surface area contributed by atoms with Crippen molar-refractivity contribution in [3.8, 4) is 0 Å². The van der Waals surface area contributed by atoms with Crippen molar-refractivity contribution in [2.24, 2.45) is 0 Å². The standard InChI is InChI=1S/C13H18ClNO/c1-10(11-4-2-5-12(14)8-11)15-9-13-6-3-7-16-13/h2,4-5,8,10,13,15H,3,6-7,9H2,1H3. The molecule has 1 aromatic rings. The fourth-order valence-electron chi connectivity index (χ4n) is 2.01. The van der Waals surface area contributed by atoms with Crippen molar-refractivity contribution in [1.82, 2.24) is 5.32 Å². The molecular formula is C13H18ClNO. The molecule has 0 bridgehead atoms. The van der Waals surface area contributed by atoms with Gasteiger partial charge in [-0.1, -0.05) is 23.7 Å². The molecule has 0 aliphatic carbocycles. The molecule has 1 aliphatic rings. The van der Waals surface area contributed by atoms with Gasteiger partial charge in [-0.25, -0.2) is 0 Å². The van der Waals surface area contributed by atoms with Crippen LogP contribution in [-0.2, 0) is 4.74 Å². The van der Waals surface area contributed by atoms with E-state index >= 15 is 0 Å². The van der Waals surface area contributed by atoms with Crippen LogP contribution < -0.4 is 5.32 Å². The van der Waals surface area contributed by atoms with Gasteiger partial charge in [-0.2, -0.15) is 0 Å². The van der Waals surface area contributed by atoms with Crippen molar-refractivity contribution < 1.29 is 4.74 Å². The molecule has 1 aliphatic heterocycles.